The molecule has 0 spiro atoms. The molecule has 27 heavy (non-hydrogen) atoms. The number of carbonyl (C=O) groups is 1. The minimum absolute atomic E-state index is 0.0900. The molecule has 0 saturated carbocycles. The molecule has 0 unspecified atom stereocenters. The van der Waals surface area contributed by atoms with Crippen LogP contribution in [-0.2, 0) is 6.42 Å². The number of benzene rings is 3. The van der Waals surface area contributed by atoms with Crippen LogP contribution in [0.15, 0.2) is 84.9 Å². The van der Waals surface area contributed by atoms with Gasteiger partial charge in [0.25, 0.3) is 0 Å². The highest BCUT2D eigenvalue weighted by atomic mass is 16.2. The van der Waals surface area contributed by atoms with Gasteiger partial charge in [0.05, 0.1) is 0 Å². The lowest BCUT2D eigenvalue weighted by Gasteiger charge is -2.26. The monoisotopic (exact) mass is 358 g/mol. The van der Waals surface area contributed by atoms with E-state index in [0.29, 0.717) is 6.54 Å². The predicted octanol–water partition coefficient (Wildman–Crippen LogP) is 5.54. The Kier molecular flexibility index (Phi) is 6.26. The van der Waals surface area contributed by atoms with E-state index in [1.54, 1.807) is 4.90 Å². The van der Waals surface area contributed by atoms with E-state index in [9.17, 15) is 4.79 Å². The number of anilines is 1. The first-order valence-corrected chi connectivity index (χ1v) is 9.39. The molecule has 0 saturated heterocycles. The zero-order valence-electron chi connectivity index (χ0n) is 15.9. The van der Waals surface area contributed by atoms with Crippen LogP contribution in [0.1, 0.15) is 29.5 Å². The molecule has 0 aliphatic heterocycles. The standard InChI is InChI=1S/C24H26N2O/c1-3-19-12-10-11-17-23(19)25-24(27)26(2)18-22(20-13-6-4-7-14-20)21-15-8-5-9-16-21/h4-17,22H,3,18H2,1-2H3,(H,25,27). The second-order valence-corrected chi connectivity index (χ2v) is 6.70. The first-order chi connectivity index (χ1) is 13.2. The molecule has 0 aromatic heterocycles. The van der Waals surface area contributed by atoms with Crippen molar-refractivity contribution in [1.29, 1.82) is 0 Å². The normalized spacial score (nSPS) is 10.6. The van der Waals surface area contributed by atoms with Crippen LogP contribution in [0.2, 0.25) is 0 Å². The van der Waals surface area contributed by atoms with E-state index in [0.717, 1.165) is 17.7 Å². The third kappa shape index (κ3) is 4.76. The van der Waals surface area contributed by atoms with Gasteiger partial charge in [-0.3, -0.25) is 0 Å². The van der Waals surface area contributed by atoms with E-state index in [1.807, 2.05) is 67.7 Å². The molecule has 0 heterocycles. The number of hydrogen-bond acceptors (Lipinski definition) is 1. The summed E-state index contributed by atoms with van der Waals surface area (Å²) in [6.45, 7) is 2.70. The summed E-state index contributed by atoms with van der Waals surface area (Å²) in [6, 6.07) is 28.6. The molecule has 0 fully saturated rings. The third-order valence-electron chi connectivity index (χ3n) is 4.85. The van der Waals surface area contributed by atoms with Crippen LogP contribution >= 0.6 is 0 Å². The van der Waals surface area contributed by atoms with E-state index in [2.05, 4.69) is 36.5 Å². The predicted molar refractivity (Wildman–Crippen MR) is 112 cm³/mol. The Morgan fingerprint density at radius 3 is 1.93 bits per heavy atom. The van der Waals surface area contributed by atoms with Gasteiger partial charge < -0.3 is 10.2 Å². The molecule has 0 aliphatic carbocycles. The summed E-state index contributed by atoms with van der Waals surface area (Å²) in [5.41, 5.74) is 4.43. The minimum Gasteiger partial charge on any atom is -0.327 e. The van der Waals surface area contributed by atoms with Crippen molar-refractivity contribution in [2.24, 2.45) is 0 Å². The molecule has 1 N–H and O–H groups in total. The Balaban J connectivity index is 1.78. The summed E-state index contributed by atoms with van der Waals surface area (Å²) in [5, 5.41) is 3.06. The molecule has 3 aromatic rings. The molecule has 0 radical (unpaired) electrons. The quantitative estimate of drug-likeness (QED) is 0.616. The van der Waals surface area contributed by atoms with Crippen LogP contribution in [0.3, 0.4) is 0 Å². The van der Waals surface area contributed by atoms with Crippen molar-refractivity contribution in [2.45, 2.75) is 19.3 Å². The Morgan fingerprint density at radius 1 is 0.852 bits per heavy atom. The van der Waals surface area contributed by atoms with Crippen molar-refractivity contribution in [3.05, 3.63) is 102 Å². The van der Waals surface area contributed by atoms with Gasteiger partial charge in [-0.25, -0.2) is 4.79 Å². The van der Waals surface area contributed by atoms with Crippen molar-refractivity contribution < 1.29 is 4.79 Å². The van der Waals surface area contributed by atoms with Gasteiger partial charge in [0.1, 0.15) is 0 Å². The molecule has 0 aliphatic rings. The van der Waals surface area contributed by atoms with Crippen molar-refractivity contribution in [3.63, 3.8) is 0 Å². The molecule has 3 rings (SSSR count). The molecule has 3 nitrogen and oxygen atoms in total. The zero-order valence-corrected chi connectivity index (χ0v) is 15.9. The van der Waals surface area contributed by atoms with Gasteiger partial charge in [0.2, 0.25) is 0 Å². The Hall–Kier alpha value is -3.07. The van der Waals surface area contributed by atoms with Crippen LogP contribution in [0.5, 0.6) is 0 Å². The maximum absolute atomic E-state index is 12.8. The second-order valence-electron chi connectivity index (χ2n) is 6.70. The highest BCUT2D eigenvalue weighted by Gasteiger charge is 2.19. The fraction of sp³-hybridized carbons (Fsp3) is 0.208. The smallest absolute Gasteiger partial charge is 0.321 e. The number of para-hydroxylation sites is 1. The second kappa shape index (κ2) is 9.04. The summed E-state index contributed by atoms with van der Waals surface area (Å²) in [6.07, 6.45) is 0.886. The van der Waals surface area contributed by atoms with Gasteiger partial charge >= 0.3 is 6.03 Å². The number of rotatable bonds is 6. The van der Waals surface area contributed by atoms with Gasteiger partial charge in [-0.05, 0) is 29.2 Å². The fourth-order valence-electron chi connectivity index (χ4n) is 3.29. The maximum Gasteiger partial charge on any atom is 0.321 e. The lowest BCUT2D eigenvalue weighted by atomic mass is 9.91. The molecule has 2 amide bonds. The zero-order chi connectivity index (χ0) is 19.1. The van der Waals surface area contributed by atoms with Crippen molar-refractivity contribution in [3.8, 4) is 0 Å². The number of amides is 2. The van der Waals surface area contributed by atoms with Crippen LogP contribution in [0.4, 0.5) is 10.5 Å². The average molecular weight is 358 g/mol. The first kappa shape index (κ1) is 18.7. The number of nitrogens with zero attached hydrogens (tertiary/aromatic N) is 1. The van der Waals surface area contributed by atoms with Gasteiger partial charge in [0, 0.05) is 25.2 Å². The Bertz CT molecular complexity index is 822. The molecule has 138 valence electrons. The van der Waals surface area contributed by atoms with Crippen LogP contribution in [0, 0.1) is 0 Å². The highest BCUT2D eigenvalue weighted by Crippen LogP contribution is 2.25. The van der Waals surface area contributed by atoms with Gasteiger partial charge in [-0.2, -0.15) is 0 Å². The van der Waals surface area contributed by atoms with E-state index < -0.39 is 0 Å². The highest BCUT2D eigenvalue weighted by molar-refractivity contribution is 5.90. The Labute approximate surface area is 161 Å². The summed E-state index contributed by atoms with van der Waals surface area (Å²) in [7, 11) is 1.85. The molecule has 0 atom stereocenters. The van der Waals surface area contributed by atoms with E-state index in [-0.39, 0.29) is 11.9 Å². The number of aryl methyl sites for hydroxylation is 1. The van der Waals surface area contributed by atoms with Gasteiger partial charge in [0.15, 0.2) is 0 Å². The number of carbonyl (C=O) groups excluding carboxylic acids is 1. The summed E-state index contributed by atoms with van der Waals surface area (Å²) < 4.78 is 0. The van der Waals surface area contributed by atoms with Crippen molar-refractivity contribution >= 4 is 11.7 Å². The van der Waals surface area contributed by atoms with Gasteiger partial charge in [-0.15, -0.1) is 0 Å². The fourth-order valence-corrected chi connectivity index (χ4v) is 3.29. The van der Waals surface area contributed by atoms with Crippen LogP contribution in [-0.4, -0.2) is 24.5 Å². The number of nitrogens with one attached hydrogen (secondary N) is 1. The third-order valence-corrected chi connectivity index (χ3v) is 4.85. The van der Waals surface area contributed by atoms with Crippen molar-refractivity contribution in [1.82, 2.24) is 4.90 Å². The molecular weight excluding hydrogens is 332 g/mol. The Morgan fingerprint density at radius 2 is 1.37 bits per heavy atom. The topological polar surface area (TPSA) is 32.3 Å². The average Bonchev–Trinajstić information content (AvgIpc) is 2.73. The first-order valence-electron chi connectivity index (χ1n) is 9.39. The largest absolute Gasteiger partial charge is 0.327 e. The molecule has 3 aromatic carbocycles. The molecular formula is C24H26N2O. The number of likely N-dealkylation sites (N-methyl/N-ethyl adjacent to an activating group) is 1. The van der Waals surface area contributed by atoms with Crippen LogP contribution in [0.25, 0.3) is 0 Å². The summed E-state index contributed by atoms with van der Waals surface area (Å²) in [4.78, 5) is 14.6. The molecule has 0 bridgehead atoms. The number of urea groups is 1. The van der Waals surface area contributed by atoms with Gasteiger partial charge in [-0.1, -0.05) is 85.8 Å². The molecule has 3 heteroatoms. The summed E-state index contributed by atoms with van der Waals surface area (Å²) in [5.74, 6) is 0.129. The maximum atomic E-state index is 12.8. The van der Waals surface area contributed by atoms with E-state index >= 15 is 0 Å². The number of hydrogen-bond donors (Lipinski definition) is 1. The minimum atomic E-state index is -0.0900. The van der Waals surface area contributed by atoms with E-state index in [4.69, 9.17) is 0 Å². The SMILES string of the molecule is CCc1ccccc1NC(=O)N(C)CC(c1ccccc1)c1ccccc1. The van der Waals surface area contributed by atoms with E-state index in [1.165, 1.54) is 11.1 Å². The van der Waals surface area contributed by atoms with Crippen molar-refractivity contribution in [2.75, 3.05) is 18.9 Å². The van der Waals surface area contributed by atoms with Crippen LogP contribution < -0.4 is 5.32 Å². The summed E-state index contributed by atoms with van der Waals surface area (Å²) >= 11 is 0. The lowest BCUT2D eigenvalue weighted by molar-refractivity contribution is 0.221. The lowest BCUT2D eigenvalue weighted by Crippen LogP contribution is -2.35.